The number of thiazole rings is 1. The number of para-hydroxylation sites is 3. The fourth-order valence-corrected chi connectivity index (χ4v) is 14.2. The first kappa shape index (κ1) is 69.6. The van der Waals surface area contributed by atoms with E-state index >= 15 is 0 Å². The average molecular weight is 1520 g/mol. The van der Waals surface area contributed by atoms with E-state index < -0.39 is 6.03 Å². The zero-order chi connectivity index (χ0) is 77.0. The number of benzene rings is 10. The van der Waals surface area contributed by atoms with Crippen LogP contribution in [-0.2, 0) is 4.79 Å². The molecule has 1 aliphatic rings. The van der Waals surface area contributed by atoms with Crippen LogP contribution in [0.1, 0.15) is 34.1 Å². The van der Waals surface area contributed by atoms with Crippen LogP contribution in [0.4, 0.5) is 15.6 Å². The van der Waals surface area contributed by atoms with Gasteiger partial charge in [-0.05, 0) is 146 Å². The number of rotatable bonds is 15. The molecule has 31 nitrogen and oxygen atoms in total. The SMILES string of the molecule is CCCNC(=O)c1cccc(-c2n[nH]c3ccc(-c4ncn[nH]4)cc23)c1.O=C(Nc1nc2ccccc2s1)c1cccc(-c2n[nH]c3ccc(-c4ncn[nH]4)cc23)c1.O=C1CNC(=O)N1c1cccc(-c2n[nH]c3ccc(-c4ncn[nH]4)cc23)c1.c1cc(-c2nc3ccccc3[nH]2)cc(-c2n[nH]c3ccc(-c4ncn[nH]4)cc23)c1. The van der Waals surface area contributed by atoms with Crippen molar-refractivity contribution in [1.82, 2.24) is 127 Å². The number of imide groups is 1. The summed E-state index contributed by atoms with van der Waals surface area (Å²) >= 11 is 1.45. The summed E-state index contributed by atoms with van der Waals surface area (Å²) in [4.78, 5) is 79.6. The molecular weight excluding hydrogens is 1460 g/mol. The fraction of sp³-hybridized carbons (Fsp3) is 0.0488. The Morgan fingerprint density at radius 1 is 0.404 bits per heavy atom. The van der Waals surface area contributed by atoms with Crippen LogP contribution in [0.3, 0.4) is 0 Å². The van der Waals surface area contributed by atoms with E-state index in [-0.39, 0.29) is 24.3 Å². The van der Waals surface area contributed by atoms with E-state index in [0.29, 0.717) is 46.0 Å². The average Bonchev–Trinajstić information content (AvgIpc) is 1.64. The van der Waals surface area contributed by atoms with Crippen molar-refractivity contribution in [2.24, 2.45) is 0 Å². The molecule has 10 aromatic heterocycles. The topological polar surface area (TPSA) is 430 Å². The van der Waals surface area contributed by atoms with Crippen LogP contribution in [0, 0.1) is 0 Å². The predicted molar refractivity (Wildman–Crippen MR) is 434 cm³/mol. The lowest BCUT2D eigenvalue weighted by Crippen LogP contribution is -2.30. The van der Waals surface area contributed by atoms with Gasteiger partial charge in [0.15, 0.2) is 28.4 Å². The number of aromatic amines is 9. The lowest BCUT2D eigenvalue weighted by atomic mass is 10.0. The van der Waals surface area contributed by atoms with Crippen LogP contribution in [0.5, 0.6) is 0 Å². The lowest BCUT2D eigenvalue weighted by Gasteiger charge is -2.13. The van der Waals surface area contributed by atoms with Gasteiger partial charge >= 0.3 is 6.03 Å². The number of aromatic nitrogens is 23. The minimum atomic E-state index is -0.420. The van der Waals surface area contributed by atoms with Crippen molar-refractivity contribution < 1.29 is 19.2 Å². The van der Waals surface area contributed by atoms with E-state index in [1.54, 1.807) is 24.3 Å². The molecule has 5 amide bonds. The van der Waals surface area contributed by atoms with Gasteiger partial charge in [0.05, 0.1) is 78.3 Å². The molecule has 12 N–H and O–H groups in total. The second kappa shape index (κ2) is 30.5. The summed E-state index contributed by atoms with van der Waals surface area (Å²) < 4.78 is 1.03. The highest BCUT2D eigenvalue weighted by Gasteiger charge is 2.30. The summed E-state index contributed by atoms with van der Waals surface area (Å²) in [6.45, 7) is 2.70. The maximum atomic E-state index is 12.9. The van der Waals surface area contributed by atoms with Crippen LogP contribution in [0.2, 0.25) is 0 Å². The van der Waals surface area contributed by atoms with Crippen LogP contribution >= 0.6 is 11.3 Å². The van der Waals surface area contributed by atoms with Gasteiger partial charge in [0.1, 0.15) is 31.1 Å². The monoisotopic (exact) mass is 1520 g/mol. The standard InChI is InChI=1S/C23H15N7OS.C22H15N7.C19H18N6O.C18H13N7O2/c31-22(27-23-26-18-6-1-2-7-19(18)32-23)15-5-3-4-13(10-15)20-16-11-14(21-24-12-25-30-21)8-9-17(16)28-29-20;1-2-7-19-18(6-1)25-22(26-19)14-5-3-4-13(10-14)20-16-11-15(21-23-12-24-29-21)8-9-17(16)27-28-20;1-2-8-20-19(26)14-5-3-4-12(9-14)17-15-10-13(18-21-11-22-25-18)6-7-16(15)23-24-17;26-15-8-19-18(27)25(15)12-3-1-2-10(6-12)16-13-7-11(17-20-9-21-24-17)4-5-14(13)22-23-16/h1-12H,(H,28,29)(H,24,25,30)(H,26,27,31);1-12H,(H,25,26)(H,27,28)(H,23,24,29);3-7,9-11H,2,8H2,1H3,(H,20,26)(H,23,24)(H,21,22,25);1-7,9H,8H2,(H,19,27)(H,22,23)(H,20,21,24). The normalized spacial score (nSPS) is 11.9. The number of H-pyrrole nitrogens is 9. The van der Waals surface area contributed by atoms with E-state index in [1.807, 2.05) is 177 Å². The molecule has 0 bridgehead atoms. The summed E-state index contributed by atoms with van der Waals surface area (Å²) in [7, 11) is 0. The summed E-state index contributed by atoms with van der Waals surface area (Å²) in [6, 6.07) is 69.5. The maximum absolute atomic E-state index is 12.9. The Kier molecular flexibility index (Phi) is 18.6. The fourth-order valence-electron chi connectivity index (χ4n) is 13.3. The first-order chi connectivity index (χ1) is 56.1. The second-order valence-electron chi connectivity index (χ2n) is 26.1. The number of anilines is 2. The molecule has 0 aliphatic carbocycles. The summed E-state index contributed by atoms with van der Waals surface area (Å²) in [5.74, 6) is 3.05. The first-order valence-electron chi connectivity index (χ1n) is 35.8. The number of hydrogen-bond acceptors (Lipinski definition) is 19. The molecular formula is C82H61N27O4S. The van der Waals surface area contributed by atoms with Gasteiger partial charge < -0.3 is 15.6 Å². The van der Waals surface area contributed by atoms with Crippen molar-refractivity contribution >= 4 is 111 Å². The van der Waals surface area contributed by atoms with E-state index in [4.69, 9.17) is 4.98 Å². The Hall–Kier alpha value is -16.1. The van der Waals surface area contributed by atoms with Crippen molar-refractivity contribution in [2.75, 3.05) is 23.3 Å². The van der Waals surface area contributed by atoms with Crippen molar-refractivity contribution in [3.8, 4) is 102 Å². The predicted octanol–water partition coefficient (Wildman–Crippen LogP) is 14.7. The smallest absolute Gasteiger partial charge is 0.329 e. The Bertz CT molecular complexity index is 6830. The molecule has 0 atom stereocenters. The molecule has 1 aliphatic heterocycles. The third-order valence-corrected chi connectivity index (χ3v) is 19.8. The molecule has 0 spiro atoms. The van der Waals surface area contributed by atoms with Gasteiger partial charge in [-0.2, -0.15) is 40.8 Å². The Morgan fingerprint density at radius 2 is 0.833 bits per heavy atom. The van der Waals surface area contributed by atoms with Gasteiger partial charge in [0.25, 0.3) is 17.7 Å². The molecule has 0 radical (unpaired) electrons. The Labute approximate surface area is 647 Å². The molecule has 20 aromatic rings. The second-order valence-corrected chi connectivity index (χ2v) is 27.2. The molecule has 10 aromatic carbocycles. The van der Waals surface area contributed by atoms with Gasteiger partial charge in [-0.3, -0.25) is 60.5 Å². The summed E-state index contributed by atoms with van der Waals surface area (Å²) in [5, 5.41) is 70.0. The van der Waals surface area contributed by atoms with Crippen LogP contribution < -0.4 is 20.9 Å². The van der Waals surface area contributed by atoms with Gasteiger partial charge in [-0.25, -0.2) is 39.6 Å². The van der Waals surface area contributed by atoms with E-state index in [0.717, 1.165) is 161 Å². The number of fused-ring (bicyclic) bond motifs is 6. The first-order valence-corrected chi connectivity index (χ1v) is 36.7. The highest BCUT2D eigenvalue weighted by atomic mass is 32.1. The number of carbonyl (C=O) groups excluding carboxylic acids is 4. The van der Waals surface area contributed by atoms with Gasteiger partial charge in [0, 0.05) is 89.3 Å². The zero-order valence-corrected chi connectivity index (χ0v) is 60.8. The minimum absolute atomic E-state index is 0.00887. The third-order valence-electron chi connectivity index (χ3n) is 18.9. The molecule has 1 saturated heterocycles. The molecule has 0 unspecified atom stereocenters. The van der Waals surface area contributed by atoms with Crippen molar-refractivity contribution in [2.45, 2.75) is 13.3 Å². The lowest BCUT2D eigenvalue weighted by molar-refractivity contribution is -0.115. The van der Waals surface area contributed by atoms with E-state index in [9.17, 15) is 19.2 Å². The third kappa shape index (κ3) is 14.2. The molecule has 1 fully saturated rings. The number of amides is 5. The molecule has 554 valence electrons. The number of carbonyl (C=O) groups is 4. The molecule has 21 rings (SSSR count). The number of nitrogens with zero attached hydrogens (tertiary/aromatic N) is 15. The molecule has 0 saturated carbocycles. The highest BCUT2D eigenvalue weighted by Crippen LogP contribution is 2.37. The van der Waals surface area contributed by atoms with Crippen molar-refractivity contribution in [3.63, 3.8) is 0 Å². The van der Waals surface area contributed by atoms with Crippen LogP contribution in [0.15, 0.2) is 244 Å². The Balaban J connectivity index is 0.000000106. The van der Waals surface area contributed by atoms with Crippen LogP contribution in [0.25, 0.3) is 167 Å². The molecule has 114 heavy (non-hydrogen) atoms. The number of hydrogen-bond donors (Lipinski definition) is 12. The zero-order valence-electron chi connectivity index (χ0n) is 60.0. The minimum Gasteiger partial charge on any atom is -0.352 e. The molecule has 11 heterocycles. The van der Waals surface area contributed by atoms with Gasteiger partial charge in [-0.15, -0.1) is 0 Å². The van der Waals surface area contributed by atoms with Crippen molar-refractivity contribution in [1.29, 1.82) is 0 Å². The van der Waals surface area contributed by atoms with Crippen LogP contribution in [-0.4, -0.2) is 153 Å². The number of urea groups is 1. The summed E-state index contributed by atoms with van der Waals surface area (Å²) in [6.07, 6.45) is 6.82. The number of imidazole rings is 1. The maximum Gasteiger partial charge on any atom is 0.329 e. The molecule has 32 heteroatoms. The highest BCUT2D eigenvalue weighted by molar-refractivity contribution is 7.22. The van der Waals surface area contributed by atoms with Gasteiger partial charge in [0.2, 0.25) is 0 Å². The summed E-state index contributed by atoms with van der Waals surface area (Å²) in [5.41, 5.74) is 19.6. The largest absolute Gasteiger partial charge is 0.352 e. The Morgan fingerprint density at radius 3 is 1.29 bits per heavy atom. The van der Waals surface area contributed by atoms with E-state index in [1.165, 1.54) is 36.6 Å². The number of nitrogens with one attached hydrogen (secondary N) is 12. The van der Waals surface area contributed by atoms with E-state index in [2.05, 4.69) is 152 Å². The van der Waals surface area contributed by atoms with Crippen molar-refractivity contribution in [3.05, 3.63) is 255 Å². The van der Waals surface area contributed by atoms with Gasteiger partial charge in [-0.1, -0.05) is 97.1 Å². The quantitative estimate of drug-likeness (QED) is 0.0424.